The molecular weight excluding hydrogens is 216 g/mol. The average Bonchev–Trinajstić information content (AvgIpc) is 3.00. The van der Waals surface area contributed by atoms with Crippen LogP contribution in [0.4, 0.5) is 0 Å². The van der Waals surface area contributed by atoms with Crippen molar-refractivity contribution >= 4 is 0 Å². The van der Waals surface area contributed by atoms with Crippen molar-refractivity contribution in [3.05, 3.63) is 0 Å². The van der Waals surface area contributed by atoms with Crippen molar-refractivity contribution in [2.45, 2.75) is 76.8 Å². The molecule has 1 aliphatic heterocycles. The smallest absolute Gasteiger partial charge is 0.0917 e. The van der Waals surface area contributed by atoms with Gasteiger partial charge in [-0.1, -0.05) is 6.92 Å². The lowest BCUT2D eigenvalue weighted by Gasteiger charge is -2.42. The first-order valence-corrected chi connectivity index (χ1v) is 6.89. The van der Waals surface area contributed by atoms with Gasteiger partial charge >= 0.3 is 0 Å². The highest BCUT2D eigenvalue weighted by Gasteiger charge is 2.52. The number of rotatable bonds is 4. The Labute approximate surface area is 104 Å². The molecule has 0 aromatic rings. The van der Waals surface area contributed by atoms with Crippen molar-refractivity contribution in [2.24, 2.45) is 5.92 Å². The lowest BCUT2D eigenvalue weighted by Crippen LogP contribution is -2.49. The minimum atomic E-state index is -0.675. The van der Waals surface area contributed by atoms with E-state index in [4.69, 9.17) is 9.47 Å². The predicted molar refractivity (Wildman–Crippen MR) is 66.9 cm³/mol. The van der Waals surface area contributed by atoms with E-state index in [9.17, 15) is 5.11 Å². The van der Waals surface area contributed by atoms with E-state index in [1.54, 1.807) is 0 Å². The van der Waals surface area contributed by atoms with Crippen LogP contribution in [-0.2, 0) is 9.47 Å². The molecule has 100 valence electrons. The van der Waals surface area contributed by atoms with Crippen LogP contribution >= 0.6 is 0 Å². The molecule has 2 fully saturated rings. The summed E-state index contributed by atoms with van der Waals surface area (Å²) in [5.41, 5.74) is -0.612. The van der Waals surface area contributed by atoms with Gasteiger partial charge in [-0.15, -0.1) is 0 Å². The van der Waals surface area contributed by atoms with Crippen LogP contribution in [0.25, 0.3) is 0 Å². The van der Waals surface area contributed by atoms with Gasteiger partial charge in [-0.05, 0) is 52.4 Å². The second-order valence-electron chi connectivity index (χ2n) is 6.27. The summed E-state index contributed by atoms with van der Waals surface area (Å²) in [7, 11) is 0. The number of epoxide rings is 1. The maximum absolute atomic E-state index is 10.4. The highest BCUT2D eigenvalue weighted by molar-refractivity contribution is 5.01. The van der Waals surface area contributed by atoms with Crippen molar-refractivity contribution in [3.63, 3.8) is 0 Å². The highest BCUT2D eigenvalue weighted by Crippen LogP contribution is 2.46. The minimum absolute atomic E-state index is 0.0442. The van der Waals surface area contributed by atoms with E-state index >= 15 is 0 Å². The Morgan fingerprint density at radius 2 is 2.12 bits per heavy atom. The largest absolute Gasteiger partial charge is 0.387 e. The molecule has 17 heavy (non-hydrogen) atoms. The predicted octanol–water partition coefficient (Wildman–Crippen LogP) is 2.51. The summed E-state index contributed by atoms with van der Waals surface area (Å²) in [5, 5.41) is 10.4. The molecule has 2 aliphatic rings. The van der Waals surface area contributed by atoms with Crippen LogP contribution < -0.4 is 0 Å². The van der Waals surface area contributed by atoms with Gasteiger partial charge in [0.15, 0.2) is 0 Å². The van der Waals surface area contributed by atoms with Crippen molar-refractivity contribution in [1.82, 2.24) is 0 Å². The van der Waals surface area contributed by atoms with Crippen molar-refractivity contribution in [1.29, 1.82) is 0 Å². The molecule has 0 aromatic carbocycles. The van der Waals surface area contributed by atoms with Gasteiger partial charge in [0.2, 0.25) is 0 Å². The average molecular weight is 242 g/mol. The Balaban J connectivity index is 1.99. The Morgan fingerprint density at radius 1 is 1.47 bits per heavy atom. The summed E-state index contributed by atoms with van der Waals surface area (Å²) in [4.78, 5) is 0. The van der Waals surface area contributed by atoms with Crippen molar-refractivity contribution in [3.8, 4) is 0 Å². The molecule has 1 aliphatic carbocycles. The fourth-order valence-electron chi connectivity index (χ4n) is 2.74. The summed E-state index contributed by atoms with van der Waals surface area (Å²) >= 11 is 0. The summed E-state index contributed by atoms with van der Waals surface area (Å²) in [6.07, 6.45) is 3.95. The third-order valence-electron chi connectivity index (χ3n) is 4.63. The molecule has 3 heteroatoms. The van der Waals surface area contributed by atoms with Crippen LogP contribution in [0.2, 0.25) is 0 Å². The Bertz CT molecular complexity index is 271. The van der Waals surface area contributed by atoms with E-state index in [0.29, 0.717) is 5.92 Å². The SMILES string of the molecule is CCC(C)OC1CC(C2(C)CO2)CCC1(C)O. The summed E-state index contributed by atoms with van der Waals surface area (Å²) in [6.45, 7) is 9.15. The molecular formula is C14H26O3. The van der Waals surface area contributed by atoms with Gasteiger partial charge in [0.05, 0.1) is 30.0 Å². The van der Waals surface area contributed by atoms with Gasteiger partial charge in [-0.3, -0.25) is 0 Å². The first-order chi connectivity index (χ1) is 7.87. The molecule has 1 N–H and O–H groups in total. The zero-order chi connectivity index (χ0) is 12.7. The first kappa shape index (κ1) is 13.3. The summed E-state index contributed by atoms with van der Waals surface area (Å²) in [6, 6.07) is 0. The number of ether oxygens (including phenoxy) is 2. The molecule has 5 atom stereocenters. The zero-order valence-corrected chi connectivity index (χ0v) is 11.5. The normalized spacial score (nSPS) is 47.8. The monoisotopic (exact) mass is 242 g/mol. The van der Waals surface area contributed by atoms with Crippen LogP contribution in [0, 0.1) is 5.92 Å². The summed E-state index contributed by atoms with van der Waals surface area (Å²) in [5.74, 6) is 0.539. The van der Waals surface area contributed by atoms with E-state index in [-0.39, 0.29) is 17.8 Å². The van der Waals surface area contributed by atoms with E-state index in [2.05, 4.69) is 20.8 Å². The van der Waals surface area contributed by atoms with Gasteiger partial charge in [0.25, 0.3) is 0 Å². The second kappa shape index (κ2) is 4.52. The molecule has 0 bridgehead atoms. The number of hydrogen-bond donors (Lipinski definition) is 1. The van der Waals surface area contributed by atoms with Crippen LogP contribution in [0.3, 0.4) is 0 Å². The molecule has 0 aromatic heterocycles. The van der Waals surface area contributed by atoms with Crippen LogP contribution in [0.5, 0.6) is 0 Å². The maximum atomic E-state index is 10.4. The molecule has 0 spiro atoms. The standard InChI is InChI=1S/C14H26O3/c1-5-10(2)17-12-8-11(14(4)9-16-14)6-7-13(12,3)15/h10-12,15H,5-9H2,1-4H3. The zero-order valence-electron chi connectivity index (χ0n) is 11.5. The molecule has 0 amide bonds. The molecule has 3 nitrogen and oxygen atoms in total. The second-order valence-corrected chi connectivity index (χ2v) is 6.27. The van der Waals surface area contributed by atoms with Gasteiger partial charge in [-0.25, -0.2) is 0 Å². The van der Waals surface area contributed by atoms with Crippen molar-refractivity contribution < 1.29 is 14.6 Å². The van der Waals surface area contributed by atoms with Gasteiger partial charge in [0, 0.05) is 0 Å². The lowest BCUT2D eigenvalue weighted by molar-refractivity contribution is -0.155. The Kier molecular flexibility index (Phi) is 3.54. The molecule has 1 saturated carbocycles. The van der Waals surface area contributed by atoms with Crippen LogP contribution in [0.15, 0.2) is 0 Å². The molecule has 2 rings (SSSR count). The quantitative estimate of drug-likeness (QED) is 0.770. The van der Waals surface area contributed by atoms with E-state index < -0.39 is 5.60 Å². The number of aliphatic hydroxyl groups is 1. The third kappa shape index (κ3) is 2.83. The fourth-order valence-corrected chi connectivity index (χ4v) is 2.74. The third-order valence-corrected chi connectivity index (χ3v) is 4.63. The molecule has 5 unspecified atom stereocenters. The lowest BCUT2D eigenvalue weighted by atomic mass is 9.73. The Morgan fingerprint density at radius 3 is 2.65 bits per heavy atom. The molecule has 1 heterocycles. The fraction of sp³-hybridized carbons (Fsp3) is 1.00. The minimum Gasteiger partial charge on any atom is -0.387 e. The number of hydrogen-bond acceptors (Lipinski definition) is 3. The van der Waals surface area contributed by atoms with Crippen LogP contribution in [-0.4, -0.2) is 35.1 Å². The van der Waals surface area contributed by atoms with E-state index in [0.717, 1.165) is 32.3 Å². The van der Waals surface area contributed by atoms with Crippen molar-refractivity contribution in [2.75, 3.05) is 6.61 Å². The highest BCUT2D eigenvalue weighted by atomic mass is 16.6. The van der Waals surface area contributed by atoms with E-state index in [1.165, 1.54) is 0 Å². The molecule has 0 radical (unpaired) electrons. The van der Waals surface area contributed by atoms with Gasteiger partial charge in [0.1, 0.15) is 0 Å². The Hall–Kier alpha value is -0.120. The first-order valence-electron chi connectivity index (χ1n) is 6.89. The summed E-state index contributed by atoms with van der Waals surface area (Å²) < 4.78 is 11.5. The van der Waals surface area contributed by atoms with Gasteiger partial charge < -0.3 is 14.6 Å². The van der Waals surface area contributed by atoms with Crippen LogP contribution in [0.1, 0.15) is 53.4 Å². The van der Waals surface area contributed by atoms with Gasteiger partial charge in [-0.2, -0.15) is 0 Å². The van der Waals surface area contributed by atoms with E-state index in [1.807, 2.05) is 6.92 Å². The topological polar surface area (TPSA) is 42.0 Å². The molecule has 1 saturated heterocycles. The maximum Gasteiger partial charge on any atom is 0.0917 e.